The molecule has 1 atom stereocenters. The standard InChI is InChI=1S/C21H23NOS2/c1-3-14-6-4-5-7-17(14)22-21(23)20-11-19-16(12-24-20)15-9-8-13(2)10-18(15)25-19/h4-7,11,13H,3,8-10,12H2,1-2H3,(H,22,23)/t13-/m0/s1. The number of nitrogens with one attached hydrogen (secondary N) is 1. The van der Waals surface area contributed by atoms with Crippen LogP contribution < -0.4 is 5.32 Å². The van der Waals surface area contributed by atoms with Crippen molar-refractivity contribution in [3.8, 4) is 0 Å². The number of carbonyl (C=O) groups is 1. The van der Waals surface area contributed by atoms with E-state index in [0.29, 0.717) is 0 Å². The second kappa shape index (κ2) is 7.00. The molecule has 0 bridgehead atoms. The highest BCUT2D eigenvalue weighted by atomic mass is 32.2. The van der Waals surface area contributed by atoms with Crippen LogP contribution in [0.4, 0.5) is 5.69 Å². The zero-order chi connectivity index (χ0) is 17.4. The van der Waals surface area contributed by atoms with E-state index in [0.717, 1.165) is 28.7 Å². The van der Waals surface area contributed by atoms with E-state index in [1.807, 2.05) is 29.5 Å². The predicted octanol–water partition coefficient (Wildman–Crippen LogP) is 5.66. The first-order valence-electron chi connectivity index (χ1n) is 9.03. The molecule has 2 heterocycles. The smallest absolute Gasteiger partial charge is 0.262 e. The molecule has 0 saturated carbocycles. The van der Waals surface area contributed by atoms with E-state index in [-0.39, 0.29) is 5.91 Å². The Morgan fingerprint density at radius 1 is 1.28 bits per heavy atom. The molecule has 0 unspecified atom stereocenters. The number of anilines is 1. The first-order valence-corrected chi connectivity index (χ1v) is 10.8. The van der Waals surface area contributed by atoms with Gasteiger partial charge in [-0.1, -0.05) is 32.0 Å². The van der Waals surface area contributed by atoms with E-state index in [1.54, 1.807) is 22.2 Å². The van der Waals surface area contributed by atoms with Gasteiger partial charge in [0.2, 0.25) is 0 Å². The maximum absolute atomic E-state index is 12.7. The summed E-state index contributed by atoms with van der Waals surface area (Å²) in [4.78, 5) is 16.4. The summed E-state index contributed by atoms with van der Waals surface area (Å²) >= 11 is 3.59. The number of rotatable bonds is 3. The Kier molecular flexibility index (Phi) is 4.74. The normalized spacial score (nSPS) is 19.0. The van der Waals surface area contributed by atoms with Gasteiger partial charge in [-0.2, -0.15) is 0 Å². The third-order valence-corrected chi connectivity index (χ3v) is 7.45. The molecule has 130 valence electrons. The summed E-state index contributed by atoms with van der Waals surface area (Å²) in [5.41, 5.74) is 5.18. The van der Waals surface area contributed by atoms with Gasteiger partial charge in [-0.3, -0.25) is 4.79 Å². The molecule has 1 N–H and O–H groups in total. The van der Waals surface area contributed by atoms with Gasteiger partial charge in [0.1, 0.15) is 0 Å². The molecule has 1 aromatic carbocycles. The van der Waals surface area contributed by atoms with E-state index < -0.39 is 0 Å². The van der Waals surface area contributed by atoms with Crippen molar-refractivity contribution >= 4 is 40.8 Å². The molecule has 2 aromatic rings. The van der Waals surface area contributed by atoms with Gasteiger partial charge in [-0.05, 0) is 60.4 Å². The van der Waals surface area contributed by atoms with Crippen LogP contribution in [0.5, 0.6) is 0 Å². The second-order valence-corrected chi connectivity index (χ2v) is 9.11. The van der Waals surface area contributed by atoms with Crippen molar-refractivity contribution in [1.82, 2.24) is 0 Å². The Morgan fingerprint density at radius 2 is 2.12 bits per heavy atom. The monoisotopic (exact) mass is 369 g/mol. The summed E-state index contributed by atoms with van der Waals surface area (Å²) < 4.78 is 0. The van der Waals surface area contributed by atoms with E-state index in [2.05, 4.69) is 31.3 Å². The Bertz CT molecular complexity index is 850. The van der Waals surface area contributed by atoms with Gasteiger partial charge < -0.3 is 5.32 Å². The van der Waals surface area contributed by atoms with Crippen molar-refractivity contribution < 1.29 is 4.79 Å². The fourth-order valence-electron chi connectivity index (χ4n) is 3.69. The van der Waals surface area contributed by atoms with Crippen molar-refractivity contribution in [2.75, 3.05) is 5.32 Å². The number of para-hydroxylation sites is 1. The zero-order valence-corrected chi connectivity index (χ0v) is 16.4. The highest BCUT2D eigenvalue weighted by Crippen LogP contribution is 2.43. The van der Waals surface area contributed by atoms with Crippen molar-refractivity contribution in [2.24, 2.45) is 5.92 Å². The largest absolute Gasteiger partial charge is 0.321 e. The fraction of sp³-hybridized carbons (Fsp3) is 0.381. The van der Waals surface area contributed by atoms with Crippen LogP contribution in [-0.2, 0) is 29.8 Å². The van der Waals surface area contributed by atoms with Crippen molar-refractivity contribution in [2.45, 2.75) is 45.3 Å². The zero-order valence-electron chi connectivity index (χ0n) is 14.7. The predicted molar refractivity (Wildman–Crippen MR) is 109 cm³/mol. The van der Waals surface area contributed by atoms with Crippen LogP contribution in [0, 0.1) is 5.92 Å². The van der Waals surface area contributed by atoms with E-state index in [1.165, 1.54) is 35.3 Å². The van der Waals surface area contributed by atoms with Crippen LogP contribution in [0.25, 0.3) is 6.08 Å². The number of amides is 1. The highest BCUT2D eigenvalue weighted by molar-refractivity contribution is 8.03. The molecule has 4 rings (SSSR count). The minimum atomic E-state index is 0.0243. The lowest BCUT2D eigenvalue weighted by Crippen LogP contribution is -2.15. The summed E-state index contributed by atoms with van der Waals surface area (Å²) in [5.74, 6) is 1.75. The number of aryl methyl sites for hydroxylation is 1. The van der Waals surface area contributed by atoms with Gasteiger partial charge >= 0.3 is 0 Å². The van der Waals surface area contributed by atoms with Crippen LogP contribution in [0.1, 0.15) is 46.7 Å². The first-order chi connectivity index (χ1) is 12.2. The molecular weight excluding hydrogens is 346 g/mol. The number of thioether (sulfide) groups is 1. The lowest BCUT2D eigenvalue weighted by molar-refractivity contribution is -0.112. The molecule has 0 fully saturated rings. The van der Waals surface area contributed by atoms with E-state index in [9.17, 15) is 4.79 Å². The number of fused-ring (bicyclic) bond motifs is 3. The van der Waals surface area contributed by atoms with Gasteiger partial charge in [0.05, 0.1) is 4.91 Å². The molecular formula is C21H23NOS2. The maximum atomic E-state index is 12.7. The van der Waals surface area contributed by atoms with Crippen LogP contribution >= 0.6 is 23.1 Å². The molecule has 2 aliphatic rings. The quantitative estimate of drug-likeness (QED) is 0.756. The number of thiophene rings is 1. The molecule has 0 saturated heterocycles. The number of hydrogen-bond donors (Lipinski definition) is 1. The summed E-state index contributed by atoms with van der Waals surface area (Å²) in [7, 11) is 0. The molecule has 1 aliphatic heterocycles. The highest BCUT2D eigenvalue weighted by Gasteiger charge is 2.27. The van der Waals surface area contributed by atoms with E-state index in [4.69, 9.17) is 0 Å². The minimum Gasteiger partial charge on any atom is -0.321 e. The molecule has 1 amide bonds. The van der Waals surface area contributed by atoms with Crippen LogP contribution in [0.15, 0.2) is 29.2 Å². The van der Waals surface area contributed by atoms with Crippen LogP contribution in [0.3, 0.4) is 0 Å². The molecule has 2 nitrogen and oxygen atoms in total. The summed E-state index contributed by atoms with van der Waals surface area (Å²) in [6.45, 7) is 4.46. The number of hydrogen-bond acceptors (Lipinski definition) is 3. The molecule has 1 aliphatic carbocycles. The fourth-order valence-corrected chi connectivity index (χ4v) is 6.34. The van der Waals surface area contributed by atoms with E-state index >= 15 is 0 Å². The molecule has 1 aromatic heterocycles. The van der Waals surface area contributed by atoms with Gasteiger partial charge in [0, 0.05) is 21.2 Å². The second-order valence-electron chi connectivity index (χ2n) is 6.96. The summed E-state index contributed by atoms with van der Waals surface area (Å²) in [6.07, 6.45) is 6.74. The Hall–Kier alpha value is -1.52. The average molecular weight is 370 g/mol. The van der Waals surface area contributed by atoms with Crippen LogP contribution in [-0.4, -0.2) is 5.91 Å². The average Bonchev–Trinajstić information content (AvgIpc) is 2.98. The number of carbonyl (C=O) groups excluding carboxylic acids is 1. The Balaban J connectivity index is 1.58. The van der Waals surface area contributed by atoms with Crippen molar-refractivity contribution in [3.05, 3.63) is 55.6 Å². The molecule has 25 heavy (non-hydrogen) atoms. The molecule has 0 spiro atoms. The third kappa shape index (κ3) is 3.30. The first kappa shape index (κ1) is 16.9. The SMILES string of the molecule is CCc1ccccc1NC(=O)C1=Cc2sc3c(c2CS1)CC[C@H](C)C3. The van der Waals surface area contributed by atoms with Crippen molar-refractivity contribution in [3.63, 3.8) is 0 Å². The minimum absolute atomic E-state index is 0.0243. The maximum Gasteiger partial charge on any atom is 0.262 e. The Labute approximate surface area is 157 Å². The van der Waals surface area contributed by atoms with Gasteiger partial charge in [0.15, 0.2) is 0 Å². The van der Waals surface area contributed by atoms with Gasteiger partial charge in [0.25, 0.3) is 5.91 Å². The number of benzene rings is 1. The topological polar surface area (TPSA) is 29.1 Å². The Morgan fingerprint density at radius 3 is 2.96 bits per heavy atom. The van der Waals surface area contributed by atoms with Gasteiger partial charge in [-0.25, -0.2) is 0 Å². The summed E-state index contributed by atoms with van der Waals surface area (Å²) in [6, 6.07) is 8.06. The molecule has 4 heteroatoms. The lowest BCUT2D eigenvalue weighted by Gasteiger charge is -2.20. The van der Waals surface area contributed by atoms with Crippen molar-refractivity contribution in [1.29, 1.82) is 0 Å². The van der Waals surface area contributed by atoms with Crippen LogP contribution in [0.2, 0.25) is 0 Å². The van der Waals surface area contributed by atoms with Gasteiger partial charge in [-0.15, -0.1) is 23.1 Å². The lowest BCUT2D eigenvalue weighted by atomic mass is 9.88. The molecule has 0 radical (unpaired) electrons. The third-order valence-electron chi connectivity index (χ3n) is 5.16. The summed E-state index contributed by atoms with van der Waals surface area (Å²) in [5, 5.41) is 3.11.